The van der Waals surface area contributed by atoms with Crippen molar-refractivity contribution < 1.29 is 0 Å². The molecule has 0 spiro atoms. The maximum Gasteiger partial charge on any atom is 0.229 e. The number of nitrogens with zero attached hydrogens (tertiary/aromatic N) is 4. The lowest BCUT2D eigenvalue weighted by atomic mass is 10.1. The molecule has 0 aliphatic carbocycles. The van der Waals surface area contributed by atoms with Gasteiger partial charge in [-0.05, 0) is 19.4 Å². The van der Waals surface area contributed by atoms with Gasteiger partial charge in [0, 0.05) is 26.2 Å². The SMILES string of the molecule is CCN1CCC(Nc2nc(N)nc(NC)n2)CC1. The molecule has 0 atom stereocenters. The van der Waals surface area contributed by atoms with Crippen LogP contribution in [-0.4, -0.2) is 52.6 Å². The van der Waals surface area contributed by atoms with Crippen molar-refractivity contribution in [2.24, 2.45) is 0 Å². The van der Waals surface area contributed by atoms with E-state index in [-0.39, 0.29) is 5.95 Å². The van der Waals surface area contributed by atoms with Gasteiger partial charge in [-0.2, -0.15) is 15.0 Å². The summed E-state index contributed by atoms with van der Waals surface area (Å²) in [6, 6.07) is 0.416. The summed E-state index contributed by atoms with van der Waals surface area (Å²) >= 11 is 0. The molecule has 1 saturated heterocycles. The molecule has 1 aromatic rings. The fourth-order valence-corrected chi connectivity index (χ4v) is 2.14. The molecule has 100 valence electrons. The van der Waals surface area contributed by atoms with Gasteiger partial charge in [0.2, 0.25) is 17.8 Å². The lowest BCUT2D eigenvalue weighted by Gasteiger charge is -2.31. The average molecular weight is 251 g/mol. The van der Waals surface area contributed by atoms with Gasteiger partial charge in [0.05, 0.1) is 0 Å². The summed E-state index contributed by atoms with van der Waals surface area (Å²) in [4.78, 5) is 14.8. The topological polar surface area (TPSA) is 92.0 Å². The second-order valence-electron chi connectivity index (χ2n) is 4.44. The Labute approximate surface area is 107 Å². The molecule has 1 aliphatic rings. The number of nitrogens with two attached hydrogens (primary N) is 1. The molecule has 0 unspecified atom stereocenters. The van der Waals surface area contributed by atoms with Gasteiger partial charge in [-0.1, -0.05) is 6.92 Å². The van der Waals surface area contributed by atoms with Gasteiger partial charge >= 0.3 is 0 Å². The highest BCUT2D eigenvalue weighted by Crippen LogP contribution is 2.15. The number of rotatable bonds is 4. The Morgan fingerprint density at radius 2 is 1.89 bits per heavy atom. The molecule has 1 aliphatic heterocycles. The van der Waals surface area contributed by atoms with E-state index in [1.54, 1.807) is 7.05 Å². The van der Waals surface area contributed by atoms with Crippen LogP contribution < -0.4 is 16.4 Å². The molecule has 4 N–H and O–H groups in total. The predicted octanol–water partition coefficient (Wildman–Crippen LogP) is 0.392. The summed E-state index contributed by atoms with van der Waals surface area (Å²) in [7, 11) is 1.76. The van der Waals surface area contributed by atoms with Crippen LogP contribution in [0.25, 0.3) is 0 Å². The highest BCUT2D eigenvalue weighted by atomic mass is 15.3. The van der Waals surface area contributed by atoms with Crippen molar-refractivity contribution in [3.63, 3.8) is 0 Å². The Morgan fingerprint density at radius 3 is 2.50 bits per heavy atom. The van der Waals surface area contributed by atoms with Crippen molar-refractivity contribution in [2.45, 2.75) is 25.8 Å². The number of likely N-dealkylation sites (tertiary alicyclic amines) is 1. The quantitative estimate of drug-likeness (QED) is 0.713. The van der Waals surface area contributed by atoms with Crippen LogP contribution in [0.5, 0.6) is 0 Å². The first-order chi connectivity index (χ1) is 8.71. The third-order valence-corrected chi connectivity index (χ3v) is 3.24. The number of anilines is 3. The Balaban J connectivity index is 1.95. The standard InChI is InChI=1S/C11H21N7/c1-3-18-6-4-8(5-7-18)14-11-16-9(12)15-10(13-2)17-11/h8H,3-7H2,1-2H3,(H4,12,13,14,15,16,17). The molecule has 18 heavy (non-hydrogen) atoms. The molecule has 0 aromatic carbocycles. The molecule has 0 bridgehead atoms. The zero-order valence-corrected chi connectivity index (χ0v) is 11.0. The van der Waals surface area contributed by atoms with Crippen molar-refractivity contribution in [3.8, 4) is 0 Å². The van der Waals surface area contributed by atoms with E-state index in [9.17, 15) is 0 Å². The van der Waals surface area contributed by atoms with Crippen LogP contribution in [0.4, 0.5) is 17.8 Å². The van der Waals surface area contributed by atoms with E-state index >= 15 is 0 Å². The Bertz CT molecular complexity index is 387. The molecule has 2 rings (SSSR count). The summed E-state index contributed by atoms with van der Waals surface area (Å²) < 4.78 is 0. The zero-order chi connectivity index (χ0) is 13.0. The highest BCUT2D eigenvalue weighted by molar-refractivity contribution is 5.40. The summed E-state index contributed by atoms with van der Waals surface area (Å²) in [6.45, 7) is 5.55. The van der Waals surface area contributed by atoms with E-state index in [1.165, 1.54) is 0 Å². The van der Waals surface area contributed by atoms with Crippen LogP contribution in [0.15, 0.2) is 0 Å². The minimum absolute atomic E-state index is 0.239. The van der Waals surface area contributed by atoms with E-state index in [2.05, 4.69) is 37.4 Å². The molecule has 1 aromatic heterocycles. The van der Waals surface area contributed by atoms with E-state index < -0.39 is 0 Å². The molecule has 0 radical (unpaired) electrons. The van der Waals surface area contributed by atoms with Crippen molar-refractivity contribution in [2.75, 3.05) is 43.0 Å². The third-order valence-electron chi connectivity index (χ3n) is 3.24. The first kappa shape index (κ1) is 12.8. The van der Waals surface area contributed by atoms with E-state index in [4.69, 9.17) is 5.73 Å². The molecule has 1 fully saturated rings. The molecule has 0 saturated carbocycles. The van der Waals surface area contributed by atoms with Crippen molar-refractivity contribution in [1.82, 2.24) is 19.9 Å². The highest BCUT2D eigenvalue weighted by Gasteiger charge is 2.18. The first-order valence-electron chi connectivity index (χ1n) is 6.39. The maximum atomic E-state index is 5.63. The maximum absolute atomic E-state index is 5.63. The van der Waals surface area contributed by atoms with Crippen LogP contribution in [0, 0.1) is 0 Å². The van der Waals surface area contributed by atoms with Gasteiger partial charge < -0.3 is 21.3 Å². The van der Waals surface area contributed by atoms with E-state index in [0.29, 0.717) is 17.9 Å². The number of nitrogen functional groups attached to an aromatic ring is 1. The van der Waals surface area contributed by atoms with E-state index in [1.807, 2.05) is 0 Å². The predicted molar refractivity (Wildman–Crippen MR) is 72.5 cm³/mol. The molecule has 7 heteroatoms. The molecule has 7 nitrogen and oxygen atoms in total. The number of piperidine rings is 1. The molecular formula is C11H21N7. The normalized spacial score (nSPS) is 17.7. The van der Waals surface area contributed by atoms with Gasteiger partial charge in [-0.25, -0.2) is 0 Å². The largest absolute Gasteiger partial charge is 0.368 e. The minimum atomic E-state index is 0.239. The van der Waals surface area contributed by atoms with Gasteiger partial charge in [0.25, 0.3) is 0 Å². The second kappa shape index (κ2) is 5.81. The summed E-state index contributed by atoms with van der Waals surface area (Å²) in [5.41, 5.74) is 5.63. The van der Waals surface area contributed by atoms with Crippen LogP contribution in [0.3, 0.4) is 0 Å². The first-order valence-corrected chi connectivity index (χ1v) is 6.39. The number of hydrogen-bond acceptors (Lipinski definition) is 7. The van der Waals surface area contributed by atoms with Crippen molar-refractivity contribution >= 4 is 17.8 Å². The van der Waals surface area contributed by atoms with E-state index in [0.717, 1.165) is 32.5 Å². The lowest BCUT2D eigenvalue weighted by Crippen LogP contribution is -2.39. The number of nitrogens with one attached hydrogen (secondary N) is 2. The monoisotopic (exact) mass is 251 g/mol. The van der Waals surface area contributed by atoms with Crippen molar-refractivity contribution in [3.05, 3.63) is 0 Å². The third kappa shape index (κ3) is 3.19. The fourth-order valence-electron chi connectivity index (χ4n) is 2.14. The zero-order valence-electron chi connectivity index (χ0n) is 11.0. The number of aromatic nitrogens is 3. The van der Waals surface area contributed by atoms with Crippen LogP contribution in [-0.2, 0) is 0 Å². The fraction of sp³-hybridized carbons (Fsp3) is 0.727. The lowest BCUT2D eigenvalue weighted by molar-refractivity contribution is 0.229. The van der Waals surface area contributed by atoms with Crippen LogP contribution in [0.1, 0.15) is 19.8 Å². The molecule has 2 heterocycles. The average Bonchev–Trinajstić information content (AvgIpc) is 2.39. The van der Waals surface area contributed by atoms with Gasteiger partial charge in [-0.15, -0.1) is 0 Å². The minimum Gasteiger partial charge on any atom is -0.368 e. The Hall–Kier alpha value is -1.63. The van der Waals surface area contributed by atoms with Crippen molar-refractivity contribution in [1.29, 1.82) is 0 Å². The summed E-state index contributed by atoms with van der Waals surface area (Å²) in [6.07, 6.45) is 2.21. The Morgan fingerprint density at radius 1 is 1.22 bits per heavy atom. The molecule has 0 amide bonds. The smallest absolute Gasteiger partial charge is 0.229 e. The number of hydrogen-bond donors (Lipinski definition) is 3. The van der Waals surface area contributed by atoms with Gasteiger partial charge in [0.15, 0.2) is 0 Å². The Kier molecular flexibility index (Phi) is 4.14. The van der Waals surface area contributed by atoms with Gasteiger partial charge in [0.1, 0.15) is 0 Å². The second-order valence-corrected chi connectivity index (χ2v) is 4.44. The van der Waals surface area contributed by atoms with Crippen LogP contribution >= 0.6 is 0 Å². The van der Waals surface area contributed by atoms with Gasteiger partial charge in [-0.3, -0.25) is 0 Å². The van der Waals surface area contributed by atoms with Crippen LogP contribution in [0.2, 0.25) is 0 Å². The summed E-state index contributed by atoms with van der Waals surface area (Å²) in [5.74, 6) is 1.29. The molecular weight excluding hydrogens is 230 g/mol. The summed E-state index contributed by atoms with van der Waals surface area (Å²) in [5, 5.41) is 6.20.